The zero-order valence-electron chi connectivity index (χ0n) is 11.6. The molecule has 7 nitrogen and oxygen atoms in total. The summed E-state index contributed by atoms with van der Waals surface area (Å²) in [4.78, 5) is 33.5. The second kappa shape index (κ2) is 4.93. The van der Waals surface area contributed by atoms with Crippen LogP contribution in [0.1, 0.15) is 12.7 Å². The van der Waals surface area contributed by atoms with E-state index in [2.05, 4.69) is 15.0 Å². The summed E-state index contributed by atoms with van der Waals surface area (Å²) < 4.78 is 6.66. The molecule has 0 saturated heterocycles. The maximum atomic E-state index is 12.1. The minimum absolute atomic E-state index is 0.203. The van der Waals surface area contributed by atoms with Crippen LogP contribution >= 0.6 is 0 Å². The van der Waals surface area contributed by atoms with Crippen molar-refractivity contribution in [3.63, 3.8) is 0 Å². The molecule has 0 fully saturated rings. The number of aryl methyl sites for hydroxylation is 1. The quantitative estimate of drug-likeness (QED) is 0.754. The molecule has 7 heteroatoms. The Balaban J connectivity index is 2.22. The van der Waals surface area contributed by atoms with Gasteiger partial charge in [0, 0.05) is 0 Å². The van der Waals surface area contributed by atoms with Crippen LogP contribution in [-0.2, 0) is 0 Å². The van der Waals surface area contributed by atoms with Crippen molar-refractivity contribution in [1.82, 2.24) is 19.5 Å². The first-order chi connectivity index (χ1) is 10.1. The van der Waals surface area contributed by atoms with Gasteiger partial charge in [-0.25, -0.2) is 9.78 Å². The van der Waals surface area contributed by atoms with E-state index >= 15 is 0 Å². The standard InChI is InChI=1S/C14H14N4O3/c1-3-21-10-6-4-9(5-7-10)18-11-12(17-14(18)20)15-8(2)16-13(11)19/h4-7H,3H2,1-2H3,(H2,15,16,17,19,20). The second-order valence-electron chi connectivity index (χ2n) is 4.54. The van der Waals surface area contributed by atoms with Crippen molar-refractivity contribution >= 4 is 11.2 Å². The van der Waals surface area contributed by atoms with Gasteiger partial charge in [0.25, 0.3) is 5.56 Å². The molecule has 0 amide bonds. The molecule has 2 heterocycles. The molecule has 1 aromatic carbocycles. The molecule has 21 heavy (non-hydrogen) atoms. The highest BCUT2D eigenvalue weighted by molar-refractivity contribution is 5.72. The number of aromatic amines is 2. The smallest absolute Gasteiger partial charge is 0.332 e. The molecule has 3 aromatic rings. The summed E-state index contributed by atoms with van der Waals surface area (Å²) >= 11 is 0. The van der Waals surface area contributed by atoms with E-state index in [1.807, 2.05) is 6.92 Å². The van der Waals surface area contributed by atoms with Crippen molar-refractivity contribution in [2.24, 2.45) is 0 Å². The first-order valence-corrected chi connectivity index (χ1v) is 6.55. The van der Waals surface area contributed by atoms with Crippen LogP contribution in [0.15, 0.2) is 33.9 Å². The van der Waals surface area contributed by atoms with Crippen LogP contribution in [0.5, 0.6) is 5.75 Å². The monoisotopic (exact) mass is 286 g/mol. The van der Waals surface area contributed by atoms with Crippen molar-refractivity contribution in [3.8, 4) is 11.4 Å². The van der Waals surface area contributed by atoms with Gasteiger partial charge in [-0.2, -0.15) is 0 Å². The highest BCUT2D eigenvalue weighted by Crippen LogP contribution is 2.16. The zero-order valence-corrected chi connectivity index (χ0v) is 11.6. The molecule has 0 unspecified atom stereocenters. The van der Waals surface area contributed by atoms with Crippen molar-refractivity contribution in [3.05, 3.63) is 50.9 Å². The normalized spacial score (nSPS) is 11.0. The van der Waals surface area contributed by atoms with E-state index in [-0.39, 0.29) is 16.7 Å². The number of hydrogen-bond acceptors (Lipinski definition) is 4. The SMILES string of the molecule is CCOc1ccc(-n2c(=O)[nH]c3nc(C)[nH]c(=O)c32)cc1. The number of rotatable bonds is 3. The van der Waals surface area contributed by atoms with Crippen LogP contribution in [0.4, 0.5) is 0 Å². The largest absolute Gasteiger partial charge is 0.494 e. The van der Waals surface area contributed by atoms with Gasteiger partial charge >= 0.3 is 5.69 Å². The van der Waals surface area contributed by atoms with E-state index in [9.17, 15) is 9.59 Å². The van der Waals surface area contributed by atoms with Gasteiger partial charge in [0.05, 0.1) is 12.3 Å². The van der Waals surface area contributed by atoms with Crippen LogP contribution < -0.4 is 16.0 Å². The van der Waals surface area contributed by atoms with Gasteiger partial charge in [-0.15, -0.1) is 0 Å². The number of fused-ring (bicyclic) bond motifs is 1. The summed E-state index contributed by atoms with van der Waals surface area (Å²) in [7, 11) is 0. The summed E-state index contributed by atoms with van der Waals surface area (Å²) in [5.74, 6) is 1.16. The van der Waals surface area contributed by atoms with E-state index in [0.717, 1.165) is 0 Å². The second-order valence-corrected chi connectivity index (χ2v) is 4.54. The third kappa shape index (κ3) is 2.22. The van der Waals surface area contributed by atoms with E-state index in [1.54, 1.807) is 31.2 Å². The fourth-order valence-corrected chi connectivity index (χ4v) is 2.24. The summed E-state index contributed by atoms with van der Waals surface area (Å²) in [5, 5.41) is 0. The highest BCUT2D eigenvalue weighted by Gasteiger charge is 2.13. The van der Waals surface area contributed by atoms with Gasteiger partial charge in [0.15, 0.2) is 11.2 Å². The Hall–Kier alpha value is -2.83. The van der Waals surface area contributed by atoms with E-state index in [1.165, 1.54) is 4.57 Å². The molecule has 108 valence electrons. The summed E-state index contributed by atoms with van der Waals surface area (Å²) in [6, 6.07) is 6.94. The van der Waals surface area contributed by atoms with Crippen LogP contribution in [0.2, 0.25) is 0 Å². The Morgan fingerprint density at radius 2 is 1.90 bits per heavy atom. The predicted octanol–water partition coefficient (Wildman–Crippen LogP) is 1.11. The molecule has 0 aliphatic carbocycles. The van der Waals surface area contributed by atoms with Crippen molar-refractivity contribution in [2.75, 3.05) is 6.61 Å². The predicted molar refractivity (Wildman–Crippen MR) is 78.2 cm³/mol. The molecule has 3 rings (SSSR count). The van der Waals surface area contributed by atoms with Crippen molar-refractivity contribution in [2.45, 2.75) is 13.8 Å². The molecule has 0 saturated carbocycles. The first kappa shape index (κ1) is 13.2. The number of nitrogens with one attached hydrogen (secondary N) is 2. The Labute approximate surface area is 119 Å². The molecular weight excluding hydrogens is 272 g/mol. The van der Waals surface area contributed by atoms with Gasteiger partial charge in [-0.1, -0.05) is 0 Å². The lowest BCUT2D eigenvalue weighted by Crippen LogP contribution is -2.19. The van der Waals surface area contributed by atoms with Gasteiger partial charge in [-0.05, 0) is 38.1 Å². The molecule has 0 aliphatic rings. The topological polar surface area (TPSA) is 92.8 Å². The lowest BCUT2D eigenvalue weighted by Gasteiger charge is -2.05. The Bertz CT molecular complexity index is 903. The maximum absolute atomic E-state index is 12.1. The van der Waals surface area contributed by atoms with Crippen LogP contribution in [0, 0.1) is 6.92 Å². The Kier molecular flexibility index (Phi) is 3.09. The van der Waals surface area contributed by atoms with Crippen molar-refractivity contribution < 1.29 is 4.74 Å². The average Bonchev–Trinajstić information content (AvgIpc) is 2.76. The average molecular weight is 286 g/mol. The number of aromatic nitrogens is 4. The van der Waals surface area contributed by atoms with Crippen LogP contribution in [-0.4, -0.2) is 26.1 Å². The molecule has 0 aliphatic heterocycles. The van der Waals surface area contributed by atoms with Gasteiger partial charge in [-0.3, -0.25) is 14.3 Å². The number of H-pyrrole nitrogens is 2. The van der Waals surface area contributed by atoms with Gasteiger partial charge in [0.2, 0.25) is 0 Å². The number of imidazole rings is 1. The fraction of sp³-hybridized carbons (Fsp3) is 0.214. The molecular formula is C14H14N4O3. The molecule has 0 bridgehead atoms. The summed E-state index contributed by atoms with van der Waals surface area (Å²) in [5.41, 5.74) is 0.290. The summed E-state index contributed by atoms with van der Waals surface area (Å²) in [6.07, 6.45) is 0. The van der Waals surface area contributed by atoms with Gasteiger partial charge < -0.3 is 9.72 Å². The molecule has 0 atom stereocenters. The van der Waals surface area contributed by atoms with Gasteiger partial charge in [0.1, 0.15) is 11.6 Å². The van der Waals surface area contributed by atoms with E-state index in [0.29, 0.717) is 23.9 Å². The summed E-state index contributed by atoms with van der Waals surface area (Å²) in [6.45, 7) is 4.12. The molecule has 0 spiro atoms. The number of nitrogens with zero attached hydrogens (tertiary/aromatic N) is 2. The minimum Gasteiger partial charge on any atom is -0.494 e. The highest BCUT2D eigenvalue weighted by atomic mass is 16.5. The van der Waals surface area contributed by atoms with Crippen LogP contribution in [0.25, 0.3) is 16.9 Å². The lowest BCUT2D eigenvalue weighted by molar-refractivity contribution is 0.340. The Morgan fingerprint density at radius 1 is 1.19 bits per heavy atom. The number of benzene rings is 1. The zero-order chi connectivity index (χ0) is 15.0. The number of hydrogen-bond donors (Lipinski definition) is 2. The number of ether oxygens (including phenoxy) is 1. The fourth-order valence-electron chi connectivity index (χ4n) is 2.24. The molecule has 2 N–H and O–H groups in total. The molecule has 2 aromatic heterocycles. The van der Waals surface area contributed by atoms with E-state index < -0.39 is 5.69 Å². The lowest BCUT2D eigenvalue weighted by atomic mass is 10.3. The Morgan fingerprint density at radius 3 is 2.57 bits per heavy atom. The minimum atomic E-state index is -0.405. The first-order valence-electron chi connectivity index (χ1n) is 6.55. The van der Waals surface area contributed by atoms with Crippen molar-refractivity contribution in [1.29, 1.82) is 0 Å². The third-order valence-corrected chi connectivity index (χ3v) is 3.07. The molecule has 0 radical (unpaired) electrons. The third-order valence-electron chi connectivity index (χ3n) is 3.07. The maximum Gasteiger partial charge on any atom is 0.332 e. The van der Waals surface area contributed by atoms with Crippen LogP contribution in [0.3, 0.4) is 0 Å². The van der Waals surface area contributed by atoms with E-state index in [4.69, 9.17) is 4.74 Å².